The lowest BCUT2D eigenvalue weighted by Crippen LogP contribution is -2.48. The van der Waals surface area contributed by atoms with E-state index in [1.165, 1.54) is 50.0 Å². The number of rotatable bonds is 7. The molecule has 3 rings (SSSR count). The Morgan fingerprint density at radius 3 is 2.88 bits per heavy atom. The Hall–Kier alpha value is -1.75. The minimum Gasteiger partial charge on any atom is -0.493 e. The van der Waals surface area contributed by atoms with Crippen LogP contribution in [-0.2, 0) is 12.8 Å². The third-order valence-electron chi connectivity index (χ3n) is 5.24. The zero-order valence-corrected chi connectivity index (χ0v) is 16.4. The number of likely N-dealkylation sites (tertiary alicyclic amines) is 1. The van der Waals surface area contributed by atoms with Crippen molar-refractivity contribution < 1.29 is 4.74 Å². The third-order valence-corrected chi connectivity index (χ3v) is 5.24. The first-order chi connectivity index (χ1) is 12.8. The highest BCUT2D eigenvalue weighted by Crippen LogP contribution is 2.25. The number of benzene rings is 1. The molecule has 0 spiro atoms. The maximum Gasteiger partial charge on any atom is 0.191 e. The monoisotopic (exact) mass is 358 g/mol. The first-order valence-corrected chi connectivity index (χ1v) is 10.3. The topological polar surface area (TPSA) is 48.9 Å². The molecule has 0 aliphatic carbocycles. The fourth-order valence-electron chi connectivity index (χ4n) is 3.82. The number of fused-ring (bicyclic) bond motifs is 1. The van der Waals surface area contributed by atoms with Gasteiger partial charge >= 0.3 is 0 Å². The molecule has 5 heteroatoms. The lowest BCUT2D eigenvalue weighted by atomic mass is 10.1. The summed E-state index contributed by atoms with van der Waals surface area (Å²) in [5.74, 6) is 2.02. The summed E-state index contributed by atoms with van der Waals surface area (Å²) in [5.41, 5.74) is 2.69. The maximum absolute atomic E-state index is 5.58. The third kappa shape index (κ3) is 5.37. The van der Waals surface area contributed by atoms with Crippen molar-refractivity contribution in [2.45, 2.75) is 52.0 Å². The minimum absolute atomic E-state index is 0.540. The van der Waals surface area contributed by atoms with Gasteiger partial charge < -0.3 is 20.3 Å². The number of nitrogens with zero attached hydrogens (tertiary/aromatic N) is 2. The molecule has 0 aromatic heterocycles. The number of hydrogen-bond acceptors (Lipinski definition) is 3. The van der Waals surface area contributed by atoms with E-state index in [-0.39, 0.29) is 0 Å². The Kier molecular flexibility index (Phi) is 7.18. The summed E-state index contributed by atoms with van der Waals surface area (Å²) in [6, 6.07) is 7.10. The molecule has 1 aromatic carbocycles. The predicted molar refractivity (Wildman–Crippen MR) is 108 cm³/mol. The molecule has 2 heterocycles. The second-order valence-electron chi connectivity index (χ2n) is 7.31. The molecule has 26 heavy (non-hydrogen) atoms. The number of hydrogen-bond donors (Lipinski definition) is 2. The van der Waals surface area contributed by atoms with Gasteiger partial charge in [-0.15, -0.1) is 0 Å². The van der Waals surface area contributed by atoms with E-state index in [0.29, 0.717) is 6.04 Å². The van der Waals surface area contributed by atoms with Gasteiger partial charge in [0.05, 0.1) is 6.61 Å². The van der Waals surface area contributed by atoms with Crippen LogP contribution in [0.15, 0.2) is 23.2 Å². The van der Waals surface area contributed by atoms with Crippen LogP contribution in [0.4, 0.5) is 0 Å². The van der Waals surface area contributed by atoms with Crippen LogP contribution in [0.3, 0.4) is 0 Å². The van der Waals surface area contributed by atoms with E-state index in [2.05, 4.69) is 47.6 Å². The van der Waals surface area contributed by atoms with Crippen molar-refractivity contribution in [1.82, 2.24) is 15.5 Å². The fraction of sp³-hybridized carbons (Fsp3) is 0.667. The summed E-state index contributed by atoms with van der Waals surface area (Å²) >= 11 is 0. The van der Waals surface area contributed by atoms with Gasteiger partial charge in [0.1, 0.15) is 5.75 Å². The van der Waals surface area contributed by atoms with Crippen LogP contribution in [0, 0.1) is 0 Å². The van der Waals surface area contributed by atoms with E-state index >= 15 is 0 Å². The van der Waals surface area contributed by atoms with Gasteiger partial charge in [0, 0.05) is 38.6 Å². The average Bonchev–Trinajstić information content (AvgIpc) is 3.11. The molecule has 0 radical (unpaired) electrons. The van der Waals surface area contributed by atoms with E-state index in [4.69, 9.17) is 9.73 Å². The molecule has 0 bridgehead atoms. The Morgan fingerprint density at radius 2 is 2.12 bits per heavy atom. The number of piperidine rings is 1. The highest BCUT2D eigenvalue weighted by atomic mass is 16.5. The summed E-state index contributed by atoms with van der Waals surface area (Å²) in [5, 5.41) is 7.04. The van der Waals surface area contributed by atoms with Crippen LogP contribution >= 0.6 is 0 Å². The lowest BCUT2D eigenvalue weighted by Gasteiger charge is -2.32. The quantitative estimate of drug-likeness (QED) is 0.581. The highest BCUT2D eigenvalue weighted by Gasteiger charge is 2.19. The summed E-state index contributed by atoms with van der Waals surface area (Å²) in [6.07, 6.45) is 5.66. The molecule has 144 valence electrons. The molecular weight excluding hydrogens is 324 g/mol. The zero-order chi connectivity index (χ0) is 18.2. The first-order valence-electron chi connectivity index (χ1n) is 10.3. The second kappa shape index (κ2) is 9.81. The molecule has 0 saturated carbocycles. The van der Waals surface area contributed by atoms with E-state index in [1.54, 1.807) is 0 Å². The highest BCUT2D eigenvalue weighted by molar-refractivity contribution is 5.80. The van der Waals surface area contributed by atoms with E-state index in [9.17, 15) is 0 Å². The van der Waals surface area contributed by atoms with E-state index < -0.39 is 0 Å². The van der Waals surface area contributed by atoms with Crippen molar-refractivity contribution in [3.8, 4) is 5.75 Å². The molecule has 5 nitrogen and oxygen atoms in total. The number of guanidine groups is 1. The predicted octanol–water partition coefficient (Wildman–Crippen LogP) is 2.59. The van der Waals surface area contributed by atoms with Gasteiger partial charge in [-0.3, -0.25) is 4.99 Å². The largest absolute Gasteiger partial charge is 0.493 e. The van der Waals surface area contributed by atoms with Crippen molar-refractivity contribution in [3.63, 3.8) is 0 Å². The van der Waals surface area contributed by atoms with Gasteiger partial charge in [-0.25, -0.2) is 0 Å². The lowest BCUT2D eigenvalue weighted by molar-refractivity contribution is 0.206. The molecule has 2 aliphatic heterocycles. The molecule has 1 saturated heterocycles. The number of aliphatic imine (C=N–C) groups is 1. The molecule has 2 aliphatic rings. The molecule has 0 atom stereocenters. The van der Waals surface area contributed by atoms with Gasteiger partial charge in [0.15, 0.2) is 5.96 Å². The maximum atomic E-state index is 5.58. The van der Waals surface area contributed by atoms with Gasteiger partial charge in [-0.05, 0) is 56.3 Å². The smallest absolute Gasteiger partial charge is 0.191 e. The van der Waals surface area contributed by atoms with E-state index in [0.717, 1.165) is 44.2 Å². The summed E-state index contributed by atoms with van der Waals surface area (Å²) < 4.78 is 5.58. The number of ether oxygens (including phenoxy) is 1. The Labute approximate surface area is 158 Å². The van der Waals surface area contributed by atoms with Gasteiger partial charge in [-0.2, -0.15) is 0 Å². The standard InChI is InChI=1S/C21H34N4O/c1-3-12-25-13-8-19(9-14-25)24-21(22-4-2)23-11-7-17-5-6-20-18(16-17)10-15-26-20/h5-6,16,19H,3-4,7-15H2,1-2H3,(H2,22,23,24). The van der Waals surface area contributed by atoms with Crippen molar-refractivity contribution in [2.24, 2.45) is 4.99 Å². The van der Waals surface area contributed by atoms with Crippen molar-refractivity contribution >= 4 is 5.96 Å². The first kappa shape index (κ1) is 19.0. The van der Waals surface area contributed by atoms with Crippen LogP contribution in [0.25, 0.3) is 0 Å². The normalized spacial score (nSPS) is 18.5. The van der Waals surface area contributed by atoms with Crippen LogP contribution in [0.5, 0.6) is 5.75 Å². The molecule has 2 N–H and O–H groups in total. The molecule has 0 unspecified atom stereocenters. The van der Waals surface area contributed by atoms with Gasteiger partial charge in [0.25, 0.3) is 0 Å². The molecule has 1 fully saturated rings. The van der Waals surface area contributed by atoms with Gasteiger partial charge in [0.2, 0.25) is 0 Å². The minimum atomic E-state index is 0.540. The SMILES string of the molecule is CCCN1CCC(NC(=NCCc2ccc3c(c2)CCO3)NCC)CC1. The van der Waals surface area contributed by atoms with Crippen molar-refractivity contribution in [3.05, 3.63) is 29.3 Å². The molecule has 1 aromatic rings. The van der Waals surface area contributed by atoms with Crippen molar-refractivity contribution in [1.29, 1.82) is 0 Å². The summed E-state index contributed by atoms with van der Waals surface area (Å²) in [4.78, 5) is 7.37. The van der Waals surface area contributed by atoms with Gasteiger partial charge in [-0.1, -0.05) is 19.1 Å². The van der Waals surface area contributed by atoms with Crippen LogP contribution in [0.2, 0.25) is 0 Å². The summed E-state index contributed by atoms with van der Waals surface area (Å²) in [6.45, 7) is 10.5. The number of nitrogens with one attached hydrogen (secondary N) is 2. The van der Waals surface area contributed by atoms with Crippen LogP contribution < -0.4 is 15.4 Å². The summed E-state index contributed by atoms with van der Waals surface area (Å²) in [7, 11) is 0. The molecular formula is C21H34N4O. The second-order valence-corrected chi connectivity index (χ2v) is 7.31. The average molecular weight is 359 g/mol. The van der Waals surface area contributed by atoms with Crippen LogP contribution in [0.1, 0.15) is 44.2 Å². The Balaban J connectivity index is 1.48. The fourth-order valence-corrected chi connectivity index (χ4v) is 3.82. The van der Waals surface area contributed by atoms with Crippen molar-refractivity contribution in [2.75, 3.05) is 39.3 Å². The zero-order valence-electron chi connectivity index (χ0n) is 16.4. The van der Waals surface area contributed by atoms with Crippen LogP contribution in [-0.4, -0.2) is 56.2 Å². The molecule has 0 amide bonds. The Morgan fingerprint density at radius 1 is 1.27 bits per heavy atom. The Bertz CT molecular complexity index is 594. The van der Waals surface area contributed by atoms with E-state index in [1.807, 2.05) is 0 Å².